The summed E-state index contributed by atoms with van der Waals surface area (Å²) in [5, 5.41) is 50.0. The van der Waals surface area contributed by atoms with Crippen LogP contribution in [0.1, 0.15) is 71.9 Å². The summed E-state index contributed by atoms with van der Waals surface area (Å²) in [6.07, 6.45) is -0.836. The Morgan fingerprint density at radius 2 is 1.08 bits per heavy atom. The van der Waals surface area contributed by atoms with Gasteiger partial charge in [0.05, 0.1) is 46.1 Å². The monoisotopic (exact) mass is 1040 g/mol. The van der Waals surface area contributed by atoms with Crippen molar-refractivity contribution in [2.45, 2.75) is 103 Å². The lowest BCUT2D eigenvalue weighted by atomic mass is 9.92. The van der Waals surface area contributed by atoms with E-state index in [-0.39, 0.29) is 100 Å². The highest BCUT2D eigenvalue weighted by Crippen LogP contribution is 2.35. The van der Waals surface area contributed by atoms with E-state index in [0.29, 0.717) is 45.8 Å². The van der Waals surface area contributed by atoms with E-state index in [4.69, 9.17) is 39.1 Å². The van der Waals surface area contributed by atoms with Crippen LogP contribution in [0.2, 0.25) is 0 Å². The Hall–Kier alpha value is -5.38. The van der Waals surface area contributed by atoms with Gasteiger partial charge in [0.15, 0.2) is 0 Å². The molecule has 6 rings (SSSR count). The third-order valence-corrected chi connectivity index (χ3v) is 12.2. The summed E-state index contributed by atoms with van der Waals surface area (Å²) < 4.78 is 25.9. The first kappa shape index (κ1) is 50.0. The number of aliphatic hydroxyl groups is 2. The van der Waals surface area contributed by atoms with Gasteiger partial charge in [-0.2, -0.15) is 9.97 Å². The van der Waals surface area contributed by atoms with Gasteiger partial charge < -0.3 is 60.6 Å². The first-order chi connectivity index (χ1) is 31.6. The summed E-state index contributed by atoms with van der Waals surface area (Å²) in [6, 6.07) is 15.2. The molecule has 0 radical (unpaired) electrons. The molecule has 0 spiro atoms. The Morgan fingerprint density at radius 1 is 0.667 bits per heavy atom. The number of benzene rings is 2. The summed E-state index contributed by atoms with van der Waals surface area (Å²) in [7, 11) is 0. The van der Waals surface area contributed by atoms with E-state index in [1.165, 1.54) is 0 Å². The molecule has 2 aromatic carbocycles. The summed E-state index contributed by atoms with van der Waals surface area (Å²) in [4.78, 5) is 55.0. The van der Waals surface area contributed by atoms with Gasteiger partial charge in [-0.3, -0.25) is 19.2 Å². The maximum absolute atomic E-state index is 11.8. The molecule has 354 valence electrons. The van der Waals surface area contributed by atoms with Crippen molar-refractivity contribution < 1.29 is 58.6 Å². The van der Waals surface area contributed by atoms with E-state index >= 15 is 0 Å². The van der Waals surface area contributed by atoms with Crippen LogP contribution in [-0.2, 0) is 45.5 Å². The van der Waals surface area contributed by atoms with E-state index in [0.717, 1.165) is 33.4 Å². The van der Waals surface area contributed by atoms with Gasteiger partial charge in [0.25, 0.3) is 0 Å². The molecule has 4 aromatic rings. The minimum Gasteiger partial charge on any atom is -0.481 e. The lowest BCUT2D eigenvalue weighted by molar-refractivity contribution is -0.140. The molecule has 0 saturated carbocycles. The number of nitrogens with one attached hydrogen (secondary N) is 4. The molecule has 4 atom stereocenters. The quantitative estimate of drug-likeness (QED) is 0.0451. The van der Waals surface area contributed by atoms with E-state index < -0.39 is 37.0 Å². The minimum atomic E-state index is -1.10. The summed E-state index contributed by atoms with van der Waals surface area (Å²) >= 11 is 7.17. The SMILES string of the molecule is Cc1c(COc2nc(OC[C@@H]3CCC(=O)N3)c(CNCC(O)CC(=O)O)cc2Br)cccc1-c1cccc(COc2nc(OC[C@@H]3CCC(=O)N3)c(CNCC(O)CC(=O)O)cc2Br)c1C. The second-order valence-electron chi connectivity index (χ2n) is 16.2. The molecule has 20 heteroatoms. The van der Waals surface area contributed by atoms with Crippen molar-refractivity contribution in [1.82, 2.24) is 31.2 Å². The summed E-state index contributed by atoms with van der Waals surface area (Å²) in [6.45, 7) is 5.33. The van der Waals surface area contributed by atoms with Crippen LogP contribution in [0.15, 0.2) is 57.5 Å². The van der Waals surface area contributed by atoms with Crippen molar-refractivity contribution in [3.8, 4) is 34.6 Å². The van der Waals surface area contributed by atoms with E-state index in [2.05, 4.69) is 53.1 Å². The highest BCUT2D eigenvalue weighted by molar-refractivity contribution is 9.10. The van der Waals surface area contributed by atoms with Gasteiger partial charge in [-0.05, 0) is 104 Å². The highest BCUT2D eigenvalue weighted by Gasteiger charge is 2.25. The molecule has 2 aromatic heterocycles. The zero-order valence-electron chi connectivity index (χ0n) is 36.5. The van der Waals surface area contributed by atoms with Crippen LogP contribution >= 0.6 is 31.9 Å². The van der Waals surface area contributed by atoms with Crippen molar-refractivity contribution in [3.05, 3.63) is 90.9 Å². The predicted molar refractivity (Wildman–Crippen MR) is 247 cm³/mol. The van der Waals surface area contributed by atoms with E-state index in [1.54, 1.807) is 12.1 Å². The van der Waals surface area contributed by atoms with Crippen molar-refractivity contribution >= 4 is 55.6 Å². The van der Waals surface area contributed by atoms with Crippen molar-refractivity contribution in [1.29, 1.82) is 0 Å². The smallest absolute Gasteiger partial charge is 0.306 e. The fourth-order valence-electron chi connectivity index (χ4n) is 7.51. The number of pyridine rings is 2. The number of halogens is 2. The van der Waals surface area contributed by atoms with E-state index in [1.807, 2.05) is 50.2 Å². The number of carboxylic acids is 2. The number of carbonyl (C=O) groups is 4. The molecule has 2 aliphatic rings. The molecule has 0 aliphatic carbocycles. The van der Waals surface area contributed by atoms with Gasteiger partial charge in [0.1, 0.15) is 26.4 Å². The fourth-order valence-corrected chi connectivity index (χ4v) is 8.47. The van der Waals surface area contributed by atoms with E-state index in [9.17, 15) is 29.4 Å². The number of hydrogen-bond acceptors (Lipinski definition) is 14. The van der Waals surface area contributed by atoms with Crippen LogP contribution in [0.4, 0.5) is 0 Å². The molecule has 66 heavy (non-hydrogen) atoms. The third-order valence-electron chi connectivity index (χ3n) is 11.1. The first-order valence-electron chi connectivity index (χ1n) is 21.5. The van der Waals surface area contributed by atoms with Gasteiger partial charge in [0.2, 0.25) is 35.3 Å². The van der Waals surface area contributed by atoms with Gasteiger partial charge in [-0.25, -0.2) is 0 Å². The van der Waals surface area contributed by atoms with Crippen LogP contribution in [0, 0.1) is 13.8 Å². The number of aromatic nitrogens is 2. The number of carboxylic acid groups (broad SMARTS) is 2. The standard InChI is InChI=1S/C46H54Br2N6O12/c1-25-27(21-63-45-37(47)13-29(17-49-19-33(55)15-41(59)60)43(53-45)65-23-31-9-11-39(57)51-31)5-3-7-35(25)36-8-4-6-28(26(36)2)22-64-46-38(48)14-30(18-50-20-34(56)16-42(61)62)44(54-46)66-24-32-10-12-40(58)52-32/h3-8,13-14,31-34,49-50,55-56H,9-12,15-24H2,1-2H3,(H,51,57)(H,52,58)(H,59,60)(H,61,62)/t31-,32-,33?,34?/m0/s1. The lowest BCUT2D eigenvalue weighted by Gasteiger charge is -2.19. The normalized spacial score (nSPS) is 16.6. The van der Waals surface area contributed by atoms with Gasteiger partial charge in [-0.1, -0.05) is 36.4 Å². The maximum atomic E-state index is 11.8. The molecule has 0 bridgehead atoms. The number of aliphatic hydroxyl groups excluding tert-OH is 2. The topological polar surface area (TPSA) is 260 Å². The van der Waals surface area contributed by atoms with Crippen LogP contribution in [-0.4, -0.2) is 105 Å². The zero-order chi connectivity index (χ0) is 47.3. The predicted octanol–water partition coefficient (Wildman–Crippen LogP) is 4.61. The number of nitrogens with zero attached hydrogens (tertiary/aromatic N) is 2. The number of rotatable bonds is 25. The number of hydrogen-bond donors (Lipinski definition) is 8. The first-order valence-corrected chi connectivity index (χ1v) is 23.1. The van der Waals surface area contributed by atoms with Crippen molar-refractivity contribution in [2.75, 3.05) is 26.3 Å². The average Bonchev–Trinajstić information content (AvgIpc) is 3.89. The Balaban J connectivity index is 1.15. The molecule has 4 heterocycles. The Labute approximate surface area is 398 Å². The molecular formula is C46H54Br2N6O12. The lowest BCUT2D eigenvalue weighted by Crippen LogP contribution is -2.31. The Kier molecular flexibility index (Phi) is 18.1. The van der Waals surface area contributed by atoms with Crippen molar-refractivity contribution in [3.63, 3.8) is 0 Å². The fraction of sp³-hybridized carbons (Fsp3) is 0.435. The molecule has 2 amide bonds. The van der Waals surface area contributed by atoms with Gasteiger partial charge >= 0.3 is 11.9 Å². The maximum Gasteiger partial charge on any atom is 0.306 e. The molecule has 18 nitrogen and oxygen atoms in total. The zero-order valence-corrected chi connectivity index (χ0v) is 39.7. The minimum absolute atomic E-state index is 0.0399. The largest absolute Gasteiger partial charge is 0.481 e. The van der Waals surface area contributed by atoms with Crippen LogP contribution in [0.3, 0.4) is 0 Å². The highest BCUT2D eigenvalue weighted by atomic mass is 79.9. The molecule has 8 N–H and O–H groups in total. The van der Waals surface area contributed by atoms with Crippen molar-refractivity contribution in [2.24, 2.45) is 0 Å². The second-order valence-corrected chi connectivity index (χ2v) is 17.9. The Bertz CT molecular complexity index is 2230. The number of carbonyl (C=O) groups excluding carboxylic acids is 2. The molecule has 2 unspecified atom stereocenters. The Morgan fingerprint density at radius 3 is 1.44 bits per heavy atom. The van der Waals surface area contributed by atoms with Crippen LogP contribution < -0.4 is 40.2 Å². The van der Waals surface area contributed by atoms with Gasteiger partial charge in [-0.15, -0.1) is 0 Å². The second kappa shape index (κ2) is 23.9. The van der Waals surface area contributed by atoms with Crippen LogP contribution in [0.25, 0.3) is 11.1 Å². The molecule has 2 aliphatic heterocycles. The molecule has 2 saturated heterocycles. The number of amides is 2. The molecular weight excluding hydrogens is 988 g/mol. The van der Waals surface area contributed by atoms with Crippen LogP contribution in [0.5, 0.6) is 23.5 Å². The number of aliphatic carboxylic acids is 2. The third kappa shape index (κ3) is 14.3. The summed E-state index contributed by atoms with van der Waals surface area (Å²) in [5.41, 5.74) is 7.10. The molecule has 2 fully saturated rings. The number of ether oxygens (including phenoxy) is 4. The van der Waals surface area contributed by atoms with Gasteiger partial charge in [0, 0.05) is 50.1 Å². The average molecular weight is 1040 g/mol. The summed E-state index contributed by atoms with van der Waals surface area (Å²) in [5.74, 6) is -1.16.